The van der Waals surface area contributed by atoms with Crippen molar-refractivity contribution in [3.63, 3.8) is 0 Å². The Bertz CT molecular complexity index is 2680. The number of hydrogen-bond donors (Lipinski definition) is 0. The van der Waals surface area contributed by atoms with Gasteiger partial charge in [-0.05, 0) is 75.0 Å². The lowest BCUT2D eigenvalue weighted by Crippen LogP contribution is -2.14. The molecule has 2 aromatic heterocycles. The van der Waals surface area contributed by atoms with Crippen molar-refractivity contribution < 1.29 is 0 Å². The van der Waals surface area contributed by atoms with Crippen molar-refractivity contribution >= 4 is 64.1 Å². The van der Waals surface area contributed by atoms with Crippen LogP contribution in [0.25, 0.3) is 80.7 Å². The largest absolute Gasteiger partial charge is 0.309 e. The summed E-state index contributed by atoms with van der Waals surface area (Å²) in [6.07, 6.45) is 0. The second kappa shape index (κ2) is 8.94. The molecule has 2 heteroatoms. The van der Waals surface area contributed by atoms with E-state index in [9.17, 15) is 0 Å². The first-order valence-electron chi connectivity index (χ1n) is 15.7. The zero-order chi connectivity index (χ0) is 29.9. The smallest absolute Gasteiger partial charge is 0.0634 e. The number of para-hydroxylation sites is 1. The van der Waals surface area contributed by atoms with E-state index in [1.54, 1.807) is 0 Å². The summed E-state index contributed by atoms with van der Waals surface area (Å²) in [6, 6.07) is 52.0. The summed E-state index contributed by atoms with van der Waals surface area (Å²) in [6.45, 7) is 4.71. The van der Waals surface area contributed by atoms with Gasteiger partial charge in [-0.2, -0.15) is 0 Å². The summed E-state index contributed by atoms with van der Waals surface area (Å²) in [4.78, 5) is 0. The molecule has 0 aliphatic heterocycles. The Kier molecular flexibility index (Phi) is 5.00. The van der Waals surface area contributed by atoms with Crippen LogP contribution in [-0.4, -0.2) is 4.57 Å². The molecule has 0 saturated heterocycles. The van der Waals surface area contributed by atoms with Crippen LogP contribution in [-0.2, 0) is 5.41 Å². The summed E-state index contributed by atoms with van der Waals surface area (Å²) in [5.41, 5.74) is 11.9. The van der Waals surface area contributed by atoms with Crippen molar-refractivity contribution in [1.82, 2.24) is 4.57 Å². The zero-order valence-electron chi connectivity index (χ0n) is 25.1. The van der Waals surface area contributed by atoms with E-state index in [0.29, 0.717) is 0 Å². The highest BCUT2D eigenvalue weighted by Crippen LogP contribution is 2.52. The van der Waals surface area contributed by atoms with Crippen molar-refractivity contribution in [3.05, 3.63) is 151 Å². The standard InChI is InChI=1S/C43H29NS/c1-43(2)36-16-8-5-13-30(36)34-24-28(20-22-37(34)43)33-25-35-31-14-6-9-17-38(31)44(29-21-19-26-11-3-4-12-27(26)23-29)41(35)40-32-15-7-10-18-39(32)45-42(33)40/h3-25H,1-2H3. The zero-order valence-corrected chi connectivity index (χ0v) is 26.0. The Balaban J connectivity index is 1.35. The van der Waals surface area contributed by atoms with Crippen LogP contribution in [0.2, 0.25) is 0 Å². The highest BCUT2D eigenvalue weighted by Gasteiger charge is 2.35. The summed E-state index contributed by atoms with van der Waals surface area (Å²) in [7, 11) is 0. The minimum Gasteiger partial charge on any atom is -0.309 e. The Morgan fingerprint density at radius 2 is 1.27 bits per heavy atom. The number of fused-ring (bicyclic) bond motifs is 11. The number of aromatic nitrogens is 1. The van der Waals surface area contributed by atoms with Crippen LogP contribution >= 0.6 is 11.3 Å². The van der Waals surface area contributed by atoms with Gasteiger partial charge in [-0.3, -0.25) is 0 Å². The minimum atomic E-state index is -0.00534. The fraction of sp³-hybridized carbons (Fsp3) is 0.0698. The van der Waals surface area contributed by atoms with Crippen molar-refractivity contribution in [2.24, 2.45) is 0 Å². The van der Waals surface area contributed by atoms with E-state index in [1.165, 1.54) is 91.8 Å². The summed E-state index contributed by atoms with van der Waals surface area (Å²) < 4.78 is 5.17. The fourth-order valence-corrected chi connectivity index (χ4v) is 9.27. The average Bonchev–Trinajstić information content (AvgIpc) is 3.70. The molecule has 0 atom stereocenters. The molecule has 0 saturated carbocycles. The molecule has 0 unspecified atom stereocenters. The van der Waals surface area contributed by atoms with E-state index in [1.807, 2.05) is 11.3 Å². The first-order chi connectivity index (χ1) is 22.1. The summed E-state index contributed by atoms with van der Waals surface area (Å²) in [5.74, 6) is 0. The molecule has 0 amide bonds. The van der Waals surface area contributed by atoms with Gasteiger partial charge in [-0.25, -0.2) is 0 Å². The maximum absolute atomic E-state index is 2.50. The van der Waals surface area contributed by atoms with Gasteiger partial charge in [0.05, 0.1) is 11.0 Å². The van der Waals surface area contributed by atoms with Gasteiger partial charge < -0.3 is 4.57 Å². The fourth-order valence-electron chi connectivity index (χ4n) is 8.02. The molecule has 0 radical (unpaired) electrons. The lowest BCUT2D eigenvalue weighted by molar-refractivity contribution is 0.660. The van der Waals surface area contributed by atoms with E-state index in [2.05, 4.69) is 158 Å². The summed E-state index contributed by atoms with van der Waals surface area (Å²) in [5, 5.41) is 7.76. The predicted molar refractivity (Wildman–Crippen MR) is 194 cm³/mol. The van der Waals surface area contributed by atoms with Gasteiger partial charge in [-0.15, -0.1) is 11.3 Å². The monoisotopic (exact) mass is 591 g/mol. The van der Waals surface area contributed by atoms with E-state index in [0.717, 1.165) is 0 Å². The third kappa shape index (κ3) is 3.38. The number of benzene rings is 7. The van der Waals surface area contributed by atoms with Gasteiger partial charge in [0.2, 0.25) is 0 Å². The van der Waals surface area contributed by atoms with Crippen LogP contribution in [0.5, 0.6) is 0 Å². The van der Waals surface area contributed by atoms with Gasteiger partial charge in [0, 0.05) is 47.6 Å². The molecular weight excluding hydrogens is 563 g/mol. The number of hydrogen-bond acceptors (Lipinski definition) is 1. The third-order valence-electron chi connectivity index (χ3n) is 10.2. The van der Waals surface area contributed by atoms with Crippen LogP contribution in [0.15, 0.2) is 140 Å². The molecule has 1 aliphatic carbocycles. The van der Waals surface area contributed by atoms with Crippen molar-refractivity contribution in [2.45, 2.75) is 19.3 Å². The lowest BCUT2D eigenvalue weighted by Gasteiger charge is -2.21. The molecule has 1 aliphatic rings. The molecule has 0 N–H and O–H groups in total. The highest BCUT2D eigenvalue weighted by atomic mass is 32.1. The van der Waals surface area contributed by atoms with Crippen molar-refractivity contribution in [3.8, 4) is 27.9 Å². The Morgan fingerprint density at radius 3 is 2.18 bits per heavy atom. The second-order valence-electron chi connectivity index (χ2n) is 12.9. The van der Waals surface area contributed by atoms with Crippen LogP contribution in [0, 0.1) is 0 Å². The quantitative estimate of drug-likeness (QED) is 0.188. The number of nitrogens with zero attached hydrogens (tertiary/aromatic N) is 1. The van der Waals surface area contributed by atoms with Crippen LogP contribution < -0.4 is 0 Å². The van der Waals surface area contributed by atoms with Crippen LogP contribution in [0.1, 0.15) is 25.0 Å². The Labute approximate surface area is 265 Å². The van der Waals surface area contributed by atoms with Gasteiger partial charge in [0.15, 0.2) is 0 Å². The first-order valence-corrected chi connectivity index (χ1v) is 16.5. The van der Waals surface area contributed by atoms with Gasteiger partial charge in [-0.1, -0.05) is 117 Å². The van der Waals surface area contributed by atoms with E-state index < -0.39 is 0 Å². The molecule has 2 heterocycles. The molecule has 0 spiro atoms. The maximum atomic E-state index is 2.50. The van der Waals surface area contributed by atoms with E-state index >= 15 is 0 Å². The molecule has 7 aromatic carbocycles. The molecule has 9 aromatic rings. The predicted octanol–water partition coefficient (Wildman–Crippen LogP) is 12.3. The lowest BCUT2D eigenvalue weighted by atomic mass is 9.82. The Morgan fingerprint density at radius 1 is 0.533 bits per heavy atom. The Hall–Kier alpha value is -5.18. The molecule has 10 rings (SSSR count). The third-order valence-corrected chi connectivity index (χ3v) is 11.4. The van der Waals surface area contributed by atoms with Gasteiger partial charge >= 0.3 is 0 Å². The molecular formula is C43H29NS. The summed E-state index contributed by atoms with van der Waals surface area (Å²) >= 11 is 1.92. The van der Waals surface area contributed by atoms with Crippen molar-refractivity contribution in [2.75, 3.05) is 0 Å². The van der Waals surface area contributed by atoms with Crippen LogP contribution in [0.3, 0.4) is 0 Å². The first kappa shape index (κ1) is 25.2. The van der Waals surface area contributed by atoms with E-state index in [-0.39, 0.29) is 5.41 Å². The maximum Gasteiger partial charge on any atom is 0.0634 e. The normalized spacial score (nSPS) is 13.7. The topological polar surface area (TPSA) is 4.93 Å². The van der Waals surface area contributed by atoms with Crippen molar-refractivity contribution in [1.29, 1.82) is 0 Å². The molecule has 1 nitrogen and oxygen atoms in total. The van der Waals surface area contributed by atoms with Gasteiger partial charge in [0.1, 0.15) is 0 Å². The minimum absolute atomic E-state index is 0.00534. The molecule has 0 fully saturated rings. The number of thiophene rings is 1. The highest BCUT2D eigenvalue weighted by molar-refractivity contribution is 7.26. The molecule has 45 heavy (non-hydrogen) atoms. The second-order valence-corrected chi connectivity index (χ2v) is 14.0. The SMILES string of the molecule is CC1(C)c2ccccc2-c2cc(-c3cc4c5ccccc5n(-c5ccc6ccccc6c5)c4c4c3sc3ccccc34)ccc21. The van der Waals surface area contributed by atoms with Crippen LogP contribution in [0.4, 0.5) is 0 Å². The molecule has 212 valence electrons. The molecule has 0 bridgehead atoms. The van der Waals surface area contributed by atoms with E-state index in [4.69, 9.17) is 0 Å². The number of rotatable bonds is 2. The van der Waals surface area contributed by atoms with Gasteiger partial charge in [0.25, 0.3) is 0 Å². The average molecular weight is 592 g/mol.